The summed E-state index contributed by atoms with van der Waals surface area (Å²) in [5.41, 5.74) is 1.61. The number of carboxylic acid groups (broad SMARTS) is 1. The molecule has 0 saturated carbocycles. The lowest BCUT2D eigenvalue weighted by Crippen LogP contribution is -2.30. The number of carboxylic acids is 1. The van der Waals surface area contributed by atoms with Crippen molar-refractivity contribution in [3.63, 3.8) is 0 Å². The van der Waals surface area contributed by atoms with Gasteiger partial charge in [0.2, 0.25) is 0 Å². The van der Waals surface area contributed by atoms with Gasteiger partial charge in [-0.2, -0.15) is 0 Å². The fraction of sp³-hybridized carbons (Fsp3) is 0.467. The maximum atomic E-state index is 12.6. The van der Waals surface area contributed by atoms with E-state index < -0.39 is 11.9 Å². The summed E-state index contributed by atoms with van der Waals surface area (Å²) in [5.74, 6) is -1.33. The molecule has 4 nitrogen and oxygen atoms in total. The minimum Gasteiger partial charge on any atom is -0.481 e. The number of nitrogens with zero attached hydrogens (tertiary/aromatic N) is 1. The highest BCUT2D eigenvalue weighted by Gasteiger charge is 2.37. The van der Waals surface area contributed by atoms with Crippen molar-refractivity contribution in [2.75, 3.05) is 19.3 Å². The zero-order valence-corrected chi connectivity index (χ0v) is 12.7. The van der Waals surface area contributed by atoms with Crippen LogP contribution in [0, 0.1) is 18.8 Å². The molecule has 0 radical (unpaired) electrons. The summed E-state index contributed by atoms with van der Waals surface area (Å²) in [6, 6.07) is 5.82. The van der Waals surface area contributed by atoms with Gasteiger partial charge in [-0.25, -0.2) is 0 Å². The van der Waals surface area contributed by atoms with Gasteiger partial charge in [-0.1, -0.05) is 13.0 Å². The lowest BCUT2D eigenvalue weighted by atomic mass is 9.99. The fourth-order valence-corrected chi connectivity index (χ4v) is 3.02. The molecule has 1 aromatic carbocycles. The molecular weight excluding hydrogens is 274 g/mol. The number of hydrogen-bond donors (Lipinski definition) is 1. The summed E-state index contributed by atoms with van der Waals surface area (Å²) in [4.78, 5) is 26.4. The second kappa shape index (κ2) is 5.87. The summed E-state index contributed by atoms with van der Waals surface area (Å²) < 4.78 is 0. The molecule has 1 aliphatic heterocycles. The lowest BCUT2D eigenvalue weighted by Gasteiger charge is -2.17. The van der Waals surface area contributed by atoms with Crippen molar-refractivity contribution in [1.82, 2.24) is 4.90 Å². The number of benzene rings is 1. The van der Waals surface area contributed by atoms with Gasteiger partial charge in [0.05, 0.1) is 5.92 Å². The smallest absolute Gasteiger partial charge is 0.308 e. The molecule has 1 aromatic rings. The zero-order valence-electron chi connectivity index (χ0n) is 11.9. The zero-order chi connectivity index (χ0) is 14.9. The van der Waals surface area contributed by atoms with Crippen LogP contribution in [0.4, 0.5) is 0 Å². The number of likely N-dealkylation sites (tertiary alicyclic amines) is 1. The Morgan fingerprint density at radius 3 is 2.60 bits per heavy atom. The molecule has 1 N–H and O–H groups in total. The van der Waals surface area contributed by atoms with Crippen molar-refractivity contribution in [2.24, 2.45) is 11.8 Å². The maximum Gasteiger partial charge on any atom is 0.308 e. The van der Waals surface area contributed by atoms with Crippen LogP contribution in [0.15, 0.2) is 23.1 Å². The average molecular weight is 293 g/mol. The molecule has 0 aliphatic carbocycles. The Bertz CT molecular complexity index is 544. The molecule has 2 unspecified atom stereocenters. The molecular formula is C15H19NO3S. The standard InChI is InChI=1S/C15H19NO3S/c1-9-4-5-11(20-3)6-12(9)14(17)16-7-10(2)13(8-16)15(18)19/h4-6,10,13H,7-8H2,1-3H3,(H,18,19). The summed E-state index contributed by atoms with van der Waals surface area (Å²) in [6.45, 7) is 4.61. The van der Waals surface area contributed by atoms with E-state index in [4.69, 9.17) is 5.11 Å². The molecule has 1 saturated heterocycles. The Hall–Kier alpha value is -1.49. The monoisotopic (exact) mass is 293 g/mol. The minimum absolute atomic E-state index is 0.000453. The molecule has 2 atom stereocenters. The number of rotatable bonds is 3. The van der Waals surface area contributed by atoms with E-state index in [2.05, 4.69) is 0 Å². The Balaban J connectivity index is 2.22. The van der Waals surface area contributed by atoms with Crippen LogP contribution in [-0.2, 0) is 4.79 Å². The van der Waals surface area contributed by atoms with Gasteiger partial charge < -0.3 is 10.0 Å². The second-order valence-electron chi connectivity index (χ2n) is 5.31. The Morgan fingerprint density at radius 1 is 1.35 bits per heavy atom. The normalized spacial score (nSPS) is 22.1. The van der Waals surface area contributed by atoms with E-state index in [0.717, 1.165) is 10.5 Å². The van der Waals surface area contributed by atoms with E-state index >= 15 is 0 Å². The molecule has 2 rings (SSSR count). The average Bonchev–Trinajstić information content (AvgIpc) is 2.81. The summed E-state index contributed by atoms with van der Waals surface area (Å²) in [6.07, 6.45) is 1.97. The molecule has 1 aliphatic rings. The van der Waals surface area contributed by atoms with Crippen LogP contribution in [0.1, 0.15) is 22.8 Å². The van der Waals surface area contributed by atoms with E-state index in [1.807, 2.05) is 38.3 Å². The first kappa shape index (κ1) is 14.9. The molecule has 20 heavy (non-hydrogen) atoms. The third-order valence-electron chi connectivity index (χ3n) is 3.89. The van der Waals surface area contributed by atoms with E-state index in [0.29, 0.717) is 18.7 Å². The van der Waals surface area contributed by atoms with Gasteiger partial charge in [0.25, 0.3) is 5.91 Å². The summed E-state index contributed by atoms with van der Waals surface area (Å²) in [7, 11) is 0. The molecule has 5 heteroatoms. The van der Waals surface area contributed by atoms with Crippen LogP contribution in [0.2, 0.25) is 0 Å². The van der Waals surface area contributed by atoms with Crippen molar-refractivity contribution in [2.45, 2.75) is 18.7 Å². The van der Waals surface area contributed by atoms with E-state index in [1.54, 1.807) is 16.7 Å². The van der Waals surface area contributed by atoms with Crippen LogP contribution in [-0.4, -0.2) is 41.2 Å². The highest BCUT2D eigenvalue weighted by Crippen LogP contribution is 2.27. The highest BCUT2D eigenvalue weighted by molar-refractivity contribution is 7.98. The van der Waals surface area contributed by atoms with Crippen molar-refractivity contribution in [1.29, 1.82) is 0 Å². The quantitative estimate of drug-likeness (QED) is 0.870. The Labute approximate surface area is 123 Å². The minimum atomic E-state index is -0.817. The van der Waals surface area contributed by atoms with Crippen molar-refractivity contribution in [3.8, 4) is 0 Å². The van der Waals surface area contributed by atoms with Crippen molar-refractivity contribution < 1.29 is 14.7 Å². The number of aryl methyl sites for hydroxylation is 1. The predicted molar refractivity (Wildman–Crippen MR) is 79.2 cm³/mol. The van der Waals surface area contributed by atoms with Gasteiger partial charge in [0.15, 0.2) is 0 Å². The van der Waals surface area contributed by atoms with Gasteiger partial charge in [0.1, 0.15) is 0 Å². The third-order valence-corrected chi connectivity index (χ3v) is 4.62. The number of amides is 1. The molecule has 1 fully saturated rings. The Kier molecular flexibility index (Phi) is 4.38. The number of carbonyl (C=O) groups is 2. The van der Waals surface area contributed by atoms with Crippen LogP contribution in [0.3, 0.4) is 0 Å². The van der Waals surface area contributed by atoms with Crippen LogP contribution < -0.4 is 0 Å². The number of aliphatic carboxylic acids is 1. The number of carbonyl (C=O) groups excluding carboxylic acids is 1. The topological polar surface area (TPSA) is 57.6 Å². The van der Waals surface area contributed by atoms with Gasteiger partial charge >= 0.3 is 5.97 Å². The molecule has 1 amide bonds. The fourth-order valence-electron chi connectivity index (χ4n) is 2.58. The molecule has 0 bridgehead atoms. The molecule has 1 heterocycles. The van der Waals surface area contributed by atoms with Gasteiger partial charge in [0, 0.05) is 23.5 Å². The van der Waals surface area contributed by atoms with E-state index in [1.165, 1.54) is 0 Å². The van der Waals surface area contributed by atoms with Gasteiger partial charge in [-0.05, 0) is 36.8 Å². The first-order valence-electron chi connectivity index (χ1n) is 6.60. The second-order valence-corrected chi connectivity index (χ2v) is 6.19. The van der Waals surface area contributed by atoms with E-state index in [-0.39, 0.29) is 11.8 Å². The van der Waals surface area contributed by atoms with Crippen LogP contribution in [0.25, 0.3) is 0 Å². The molecule has 0 spiro atoms. The Morgan fingerprint density at radius 2 is 2.05 bits per heavy atom. The molecule has 0 aromatic heterocycles. The number of thioether (sulfide) groups is 1. The summed E-state index contributed by atoms with van der Waals surface area (Å²) >= 11 is 1.59. The van der Waals surface area contributed by atoms with Gasteiger partial charge in [-0.15, -0.1) is 11.8 Å². The largest absolute Gasteiger partial charge is 0.481 e. The first-order valence-corrected chi connectivity index (χ1v) is 7.83. The maximum absolute atomic E-state index is 12.6. The lowest BCUT2D eigenvalue weighted by molar-refractivity contribution is -0.142. The number of hydrogen-bond acceptors (Lipinski definition) is 3. The van der Waals surface area contributed by atoms with Crippen LogP contribution >= 0.6 is 11.8 Å². The molecule has 108 valence electrons. The van der Waals surface area contributed by atoms with Crippen molar-refractivity contribution in [3.05, 3.63) is 29.3 Å². The summed E-state index contributed by atoms with van der Waals surface area (Å²) in [5, 5.41) is 9.15. The van der Waals surface area contributed by atoms with Gasteiger partial charge in [-0.3, -0.25) is 9.59 Å². The van der Waals surface area contributed by atoms with Crippen LogP contribution in [0.5, 0.6) is 0 Å². The SMILES string of the molecule is CSc1ccc(C)c(C(=O)N2CC(C)C(C(=O)O)C2)c1. The predicted octanol–water partition coefficient (Wildman–Crippen LogP) is 2.51. The van der Waals surface area contributed by atoms with E-state index in [9.17, 15) is 9.59 Å². The highest BCUT2D eigenvalue weighted by atomic mass is 32.2. The first-order chi connectivity index (χ1) is 9.43. The third kappa shape index (κ3) is 2.82. The van der Waals surface area contributed by atoms with Crippen molar-refractivity contribution >= 4 is 23.6 Å².